The van der Waals surface area contributed by atoms with E-state index >= 15 is 0 Å². The van der Waals surface area contributed by atoms with E-state index in [1.807, 2.05) is 0 Å². The Morgan fingerprint density at radius 2 is 2.10 bits per heavy atom. The first-order valence-corrected chi connectivity index (χ1v) is 8.82. The van der Waals surface area contributed by atoms with Crippen LogP contribution in [0.5, 0.6) is 0 Å². The molecule has 1 aromatic rings. The third-order valence-corrected chi connectivity index (χ3v) is 6.22. The van der Waals surface area contributed by atoms with Gasteiger partial charge in [-0.3, -0.25) is 4.79 Å². The zero-order chi connectivity index (χ0) is 15.4. The monoisotopic (exact) mass is 347 g/mol. The number of carboxylic acids is 1. The van der Waals surface area contributed by atoms with Crippen LogP contribution in [0.4, 0.5) is 0 Å². The van der Waals surface area contributed by atoms with Gasteiger partial charge >= 0.3 is 0 Å². The van der Waals surface area contributed by atoms with Crippen molar-refractivity contribution >= 4 is 46.2 Å². The Balaban J connectivity index is 1.98. The SMILES string of the molecule is O=C(Cc1ccc(Cl)cc1Cl)N[S+]1CCCCC1C(=O)[O-]. The minimum Gasteiger partial charge on any atom is -0.545 e. The number of nitrogens with one attached hydrogen (secondary N) is 1. The number of halogens is 2. The van der Waals surface area contributed by atoms with Crippen molar-refractivity contribution in [2.75, 3.05) is 5.75 Å². The molecule has 0 aliphatic carbocycles. The molecule has 0 spiro atoms. The molecule has 1 amide bonds. The van der Waals surface area contributed by atoms with Crippen LogP contribution in [-0.4, -0.2) is 22.9 Å². The number of carbonyl (C=O) groups excluding carboxylic acids is 2. The Kier molecular flexibility index (Phi) is 5.79. The summed E-state index contributed by atoms with van der Waals surface area (Å²) >= 11 is 11.2. The summed E-state index contributed by atoms with van der Waals surface area (Å²) in [6, 6.07) is 4.95. The van der Waals surface area contributed by atoms with Gasteiger partial charge in [-0.05, 0) is 30.5 Å². The minimum absolute atomic E-state index is 0.110. The number of amides is 1. The molecule has 0 saturated carbocycles. The summed E-state index contributed by atoms with van der Waals surface area (Å²) in [4.78, 5) is 23.2. The Morgan fingerprint density at radius 1 is 1.33 bits per heavy atom. The van der Waals surface area contributed by atoms with Gasteiger partial charge in [0.15, 0.2) is 5.25 Å². The summed E-state index contributed by atoms with van der Waals surface area (Å²) in [6.07, 6.45) is 2.46. The molecule has 2 rings (SSSR count). The molecule has 1 saturated heterocycles. The van der Waals surface area contributed by atoms with E-state index in [9.17, 15) is 14.7 Å². The van der Waals surface area contributed by atoms with E-state index in [0.717, 1.165) is 12.8 Å². The second-order valence-corrected chi connectivity index (χ2v) is 7.76. The molecular formula is C14H15Cl2NO3S. The first kappa shape index (κ1) is 16.5. The molecular weight excluding hydrogens is 333 g/mol. The highest BCUT2D eigenvalue weighted by Gasteiger charge is 2.37. The highest BCUT2D eigenvalue weighted by molar-refractivity contribution is 7.96. The summed E-state index contributed by atoms with van der Waals surface area (Å²) < 4.78 is 2.82. The van der Waals surface area contributed by atoms with Crippen LogP contribution in [0.15, 0.2) is 18.2 Å². The van der Waals surface area contributed by atoms with Crippen LogP contribution in [0.1, 0.15) is 24.8 Å². The molecule has 1 aliphatic rings. The molecule has 1 N–H and O–H groups in total. The van der Waals surface area contributed by atoms with Gasteiger partial charge in [-0.1, -0.05) is 29.3 Å². The third kappa shape index (κ3) is 4.53. The zero-order valence-corrected chi connectivity index (χ0v) is 13.6. The zero-order valence-electron chi connectivity index (χ0n) is 11.2. The first-order valence-electron chi connectivity index (χ1n) is 6.61. The quantitative estimate of drug-likeness (QED) is 0.839. The predicted molar refractivity (Wildman–Crippen MR) is 83.2 cm³/mol. The number of benzene rings is 1. The van der Waals surface area contributed by atoms with Crippen LogP contribution in [-0.2, 0) is 27.1 Å². The molecule has 0 radical (unpaired) electrons. The van der Waals surface area contributed by atoms with Crippen LogP contribution in [0.3, 0.4) is 0 Å². The molecule has 114 valence electrons. The molecule has 2 atom stereocenters. The van der Waals surface area contributed by atoms with E-state index in [2.05, 4.69) is 4.72 Å². The fourth-order valence-corrected chi connectivity index (χ4v) is 4.82. The van der Waals surface area contributed by atoms with Crippen molar-refractivity contribution in [3.8, 4) is 0 Å². The first-order chi connectivity index (χ1) is 9.97. The largest absolute Gasteiger partial charge is 0.545 e. The Bertz CT molecular complexity index is 553. The number of carboxylic acid groups (broad SMARTS) is 1. The summed E-state index contributed by atoms with van der Waals surface area (Å²) in [5, 5.41) is 11.5. The molecule has 2 unspecified atom stereocenters. The average molecular weight is 348 g/mol. The fourth-order valence-electron chi connectivity index (χ4n) is 2.25. The van der Waals surface area contributed by atoms with E-state index < -0.39 is 22.3 Å². The fraction of sp³-hybridized carbons (Fsp3) is 0.429. The second-order valence-electron chi connectivity index (χ2n) is 4.87. The number of carbonyl (C=O) groups is 2. The highest BCUT2D eigenvalue weighted by Crippen LogP contribution is 2.22. The topological polar surface area (TPSA) is 69.2 Å². The van der Waals surface area contributed by atoms with Gasteiger partial charge in [-0.25, -0.2) is 0 Å². The highest BCUT2D eigenvalue weighted by atomic mass is 35.5. The maximum absolute atomic E-state index is 12.1. The standard InChI is InChI=1S/C14H15Cl2NO3S/c15-10-5-4-9(11(16)8-10)7-13(18)17-21-6-2-1-3-12(21)14(19)20/h4-5,8,12H,1-3,6-7H2,(H-,17,18,19,20). The van der Waals surface area contributed by atoms with E-state index in [4.69, 9.17) is 23.2 Å². The normalized spacial score (nSPS) is 21.8. The van der Waals surface area contributed by atoms with Gasteiger partial charge in [0.25, 0.3) is 5.91 Å². The van der Waals surface area contributed by atoms with Crippen LogP contribution in [0, 0.1) is 0 Å². The number of hydrogen-bond donors (Lipinski definition) is 1. The van der Waals surface area contributed by atoms with Crippen molar-refractivity contribution in [2.24, 2.45) is 0 Å². The van der Waals surface area contributed by atoms with E-state index in [0.29, 0.717) is 27.8 Å². The van der Waals surface area contributed by atoms with Crippen LogP contribution < -0.4 is 9.83 Å². The van der Waals surface area contributed by atoms with Gasteiger partial charge in [0.1, 0.15) is 16.8 Å². The minimum atomic E-state index is -1.08. The number of rotatable bonds is 4. The van der Waals surface area contributed by atoms with Gasteiger partial charge in [-0.15, -0.1) is 0 Å². The molecule has 0 aromatic heterocycles. The smallest absolute Gasteiger partial charge is 0.265 e. The lowest BCUT2D eigenvalue weighted by Gasteiger charge is -2.23. The molecule has 1 aromatic carbocycles. The van der Waals surface area contributed by atoms with E-state index in [1.54, 1.807) is 18.2 Å². The van der Waals surface area contributed by atoms with E-state index in [-0.39, 0.29) is 12.3 Å². The Hall–Kier alpha value is -0.910. The lowest BCUT2D eigenvalue weighted by atomic mass is 10.1. The van der Waals surface area contributed by atoms with Crippen molar-refractivity contribution in [1.82, 2.24) is 4.72 Å². The Morgan fingerprint density at radius 3 is 2.76 bits per heavy atom. The van der Waals surface area contributed by atoms with E-state index in [1.165, 1.54) is 0 Å². The van der Waals surface area contributed by atoms with Gasteiger partial charge < -0.3 is 9.90 Å². The third-order valence-electron chi connectivity index (χ3n) is 3.30. The molecule has 21 heavy (non-hydrogen) atoms. The lowest BCUT2D eigenvalue weighted by Crippen LogP contribution is -2.51. The van der Waals surface area contributed by atoms with Gasteiger partial charge in [0.2, 0.25) is 0 Å². The van der Waals surface area contributed by atoms with Crippen LogP contribution in [0.25, 0.3) is 0 Å². The van der Waals surface area contributed by atoms with Crippen LogP contribution >= 0.6 is 23.2 Å². The molecule has 7 heteroatoms. The maximum Gasteiger partial charge on any atom is 0.265 e. The molecule has 1 aliphatic heterocycles. The van der Waals surface area contributed by atoms with Crippen molar-refractivity contribution in [3.63, 3.8) is 0 Å². The summed E-state index contributed by atoms with van der Waals surface area (Å²) in [7, 11) is 0. The van der Waals surface area contributed by atoms with Gasteiger partial charge in [0, 0.05) is 16.5 Å². The number of hydrogen-bond acceptors (Lipinski definition) is 3. The lowest BCUT2D eigenvalue weighted by molar-refractivity contribution is -0.305. The van der Waals surface area contributed by atoms with Crippen molar-refractivity contribution in [1.29, 1.82) is 0 Å². The summed E-state index contributed by atoms with van der Waals surface area (Å²) in [6.45, 7) is 0. The average Bonchev–Trinajstić information content (AvgIpc) is 2.42. The van der Waals surface area contributed by atoms with Gasteiger partial charge in [-0.2, -0.15) is 4.72 Å². The number of aliphatic carboxylic acids is 1. The van der Waals surface area contributed by atoms with Crippen molar-refractivity contribution in [2.45, 2.75) is 30.9 Å². The summed E-state index contributed by atoms with van der Waals surface area (Å²) in [5.41, 5.74) is 0.671. The second kappa shape index (κ2) is 7.38. The van der Waals surface area contributed by atoms with Crippen LogP contribution in [0.2, 0.25) is 10.0 Å². The molecule has 1 fully saturated rings. The van der Waals surface area contributed by atoms with Crippen molar-refractivity contribution < 1.29 is 14.7 Å². The van der Waals surface area contributed by atoms with Gasteiger partial charge in [0.05, 0.1) is 12.4 Å². The maximum atomic E-state index is 12.1. The molecule has 1 heterocycles. The predicted octanol–water partition coefficient (Wildman–Crippen LogP) is 1.49. The molecule has 0 bridgehead atoms. The molecule has 4 nitrogen and oxygen atoms in total. The van der Waals surface area contributed by atoms with Crippen molar-refractivity contribution in [3.05, 3.63) is 33.8 Å². The Labute approximate surface area is 136 Å². The summed E-state index contributed by atoms with van der Waals surface area (Å²) in [5.74, 6) is -0.614.